The number of sulfonamides is 1. The molecule has 0 radical (unpaired) electrons. The Bertz CT molecular complexity index is 1070. The summed E-state index contributed by atoms with van der Waals surface area (Å²) in [6, 6.07) is 7.63. The number of amides is 1. The zero-order valence-corrected chi connectivity index (χ0v) is 15.7. The van der Waals surface area contributed by atoms with Gasteiger partial charge in [0.1, 0.15) is 4.21 Å². The third-order valence-electron chi connectivity index (χ3n) is 2.83. The lowest BCUT2D eigenvalue weighted by atomic mass is 10.1. The number of hydrogen-bond acceptors (Lipinski definition) is 8. The van der Waals surface area contributed by atoms with Gasteiger partial charge >= 0.3 is 10.1 Å². The number of carbonyl (C=O) groups excluding carboxylic acids is 1. The molecular formula is C13H14N4O6S3. The van der Waals surface area contributed by atoms with Crippen LogP contribution in [0.3, 0.4) is 0 Å². The number of benzene rings is 1. The molecule has 0 atom stereocenters. The molecule has 10 nitrogen and oxygen atoms in total. The molecule has 0 unspecified atom stereocenters. The van der Waals surface area contributed by atoms with Crippen molar-refractivity contribution in [3.8, 4) is 11.1 Å². The van der Waals surface area contributed by atoms with Crippen LogP contribution < -0.4 is 16.2 Å². The minimum absolute atomic E-state index is 0.00310. The van der Waals surface area contributed by atoms with Gasteiger partial charge in [-0.1, -0.05) is 12.1 Å². The number of thiophene rings is 1. The highest BCUT2D eigenvalue weighted by molar-refractivity contribution is 7.91. The normalized spacial score (nSPS) is 12.6. The highest BCUT2D eigenvalue weighted by atomic mass is 32.2. The van der Waals surface area contributed by atoms with Crippen LogP contribution in [0.25, 0.3) is 11.1 Å². The smallest absolute Gasteiger partial charge is 0.325 e. The average molecular weight is 418 g/mol. The van der Waals surface area contributed by atoms with E-state index in [0.29, 0.717) is 11.1 Å². The van der Waals surface area contributed by atoms with Crippen LogP contribution in [-0.4, -0.2) is 35.0 Å². The lowest BCUT2D eigenvalue weighted by molar-refractivity contribution is 0.0975. The summed E-state index contributed by atoms with van der Waals surface area (Å²) in [5, 5.41) is 11.9. The molecule has 0 saturated heterocycles. The SMILES string of the molecule is CS(=O)(=O)ON=C(N)NC(=O)c1cccc(-c2csc(S(N)(=O)=O)c2)c1. The fraction of sp³-hybridized carbons (Fsp3) is 0.0769. The van der Waals surface area contributed by atoms with Gasteiger partial charge in [-0.15, -0.1) is 11.3 Å². The number of nitrogens with zero attached hydrogens (tertiary/aromatic N) is 1. The molecule has 0 aliphatic rings. The predicted molar refractivity (Wildman–Crippen MR) is 96.1 cm³/mol. The molecule has 5 N–H and O–H groups in total. The highest BCUT2D eigenvalue weighted by Gasteiger charge is 2.14. The molecule has 0 aliphatic heterocycles. The van der Waals surface area contributed by atoms with E-state index in [-0.39, 0.29) is 9.77 Å². The monoisotopic (exact) mass is 418 g/mol. The molecule has 1 aromatic carbocycles. The van der Waals surface area contributed by atoms with Gasteiger partial charge < -0.3 is 5.73 Å². The van der Waals surface area contributed by atoms with E-state index >= 15 is 0 Å². The largest absolute Gasteiger partial charge is 0.367 e. The minimum atomic E-state index is -3.85. The van der Waals surface area contributed by atoms with E-state index in [0.717, 1.165) is 17.6 Å². The van der Waals surface area contributed by atoms with Gasteiger partial charge in [0.15, 0.2) is 0 Å². The van der Waals surface area contributed by atoms with Crippen molar-refractivity contribution in [3.05, 3.63) is 41.3 Å². The number of primary sulfonamides is 1. The summed E-state index contributed by atoms with van der Waals surface area (Å²) in [4.78, 5) is 12.1. The van der Waals surface area contributed by atoms with Gasteiger partial charge in [0, 0.05) is 5.56 Å². The van der Waals surface area contributed by atoms with Crippen LogP contribution in [0.1, 0.15) is 10.4 Å². The number of rotatable bonds is 5. The lowest BCUT2D eigenvalue weighted by Gasteiger charge is -2.05. The molecular weight excluding hydrogens is 404 g/mol. The van der Waals surface area contributed by atoms with Gasteiger partial charge in [-0.2, -0.15) is 8.42 Å². The summed E-state index contributed by atoms with van der Waals surface area (Å²) in [5.74, 6) is -1.20. The average Bonchev–Trinajstić information content (AvgIpc) is 3.02. The third kappa shape index (κ3) is 5.52. The summed E-state index contributed by atoms with van der Waals surface area (Å²) in [6.07, 6.45) is 0.770. The summed E-state index contributed by atoms with van der Waals surface area (Å²) < 4.78 is 48.4. The van der Waals surface area contributed by atoms with Crippen LogP contribution in [-0.2, 0) is 24.4 Å². The fourth-order valence-corrected chi connectivity index (χ4v) is 3.61. The number of hydrogen-bond donors (Lipinski definition) is 3. The van der Waals surface area contributed by atoms with Crippen molar-refractivity contribution < 1.29 is 25.9 Å². The molecule has 140 valence electrons. The number of carbonyl (C=O) groups is 1. The zero-order valence-electron chi connectivity index (χ0n) is 13.2. The first-order valence-electron chi connectivity index (χ1n) is 6.71. The molecule has 0 spiro atoms. The first-order chi connectivity index (χ1) is 12.0. The molecule has 1 aromatic heterocycles. The topological polar surface area (TPSA) is 171 Å². The lowest BCUT2D eigenvalue weighted by Crippen LogP contribution is -2.37. The Balaban J connectivity index is 2.21. The molecule has 0 aliphatic carbocycles. The van der Waals surface area contributed by atoms with Crippen molar-refractivity contribution in [1.82, 2.24) is 5.32 Å². The summed E-state index contributed by atoms with van der Waals surface area (Å²) in [6.45, 7) is 0. The number of guanidine groups is 1. The number of oxime groups is 1. The quantitative estimate of drug-likeness (QED) is 0.348. The van der Waals surface area contributed by atoms with Gasteiger partial charge in [-0.05, 0) is 39.9 Å². The Kier molecular flexibility index (Phi) is 5.65. The standard InChI is InChI=1S/C13H14N4O6S3/c1-25(19,20)23-17-13(14)16-12(18)9-4-2-3-8(5-9)10-6-11(24-7-10)26(15,21)22/h2-7H,1H3,(H2,15,21,22)(H3,14,16,17,18). The second-order valence-electron chi connectivity index (χ2n) is 4.99. The summed E-state index contributed by atoms with van der Waals surface area (Å²) in [7, 11) is -7.66. The van der Waals surface area contributed by atoms with Crippen molar-refractivity contribution >= 4 is 43.3 Å². The molecule has 13 heteroatoms. The van der Waals surface area contributed by atoms with Gasteiger partial charge in [0.05, 0.1) is 6.26 Å². The van der Waals surface area contributed by atoms with Crippen LogP contribution in [0.15, 0.2) is 45.1 Å². The number of nitrogens with one attached hydrogen (secondary N) is 1. The summed E-state index contributed by atoms with van der Waals surface area (Å²) >= 11 is 0.959. The Hall–Kier alpha value is -2.48. The van der Waals surface area contributed by atoms with E-state index in [1.165, 1.54) is 18.2 Å². The second-order valence-corrected chi connectivity index (χ2v) is 9.25. The second kappa shape index (κ2) is 7.41. The van der Waals surface area contributed by atoms with E-state index in [9.17, 15) is 21.6 Å². The van der Waals surface area contributed by atoms with E-state index < -0.39 is 32.0 Å². The maximum Gasteiger partial charge on any atom is 0.325 e. The molecule has 1 heterocycles. The van der Waals surface area contributed by atoms with Gasteiger partial charge in [0.2, 0.25) is 16.0 Å². The van der Waals surface area contributed by atoms with E-state index in [1.807, 2.05) is 0 Å². The van der Waals surface area contributed by atoms with Crippen molar-refractivity contribution in [3.63, 3.8) is 0 Å². The molecule has 2 rings (SSSR count). The maximum atomic E-state index is 12.1. The van der Waals surface area contributed by atoms with E-state index in [1.54, 1.807) is 17.5 Å². The Morgan fingerprint density at radius 1 is 1.19 bits per heavy atom. The van der Waals surface area contributed by atoms with Crippen molar-refractivity contribution in [1.29, 1.82) is 0 Å². The van der Waals surface area contributed by atoms with Gasteiger partial charge in [-0.3, -0.25) is 14.4 Å². The molecule has 26 heavy (non-hydrogen) atoms. The fourth-order valence-electron chi connectivity index (χ4n) is 1.78. The van der Waals surface area contributed by atoms with Crippen molar-refractivity contribution in [2.45, 2.75) is 4.21 Å². The Morgan fingerprint density at radius 2 is 1.88 bits per heavy atom. The Labute approximate surface area is 153 Å². The summed E-state index contributed by atoms with van der Waals surface area (Å²) in [5.41, 5.74) is 6.69. The van der Waals surface area contributed by atoms with Crippen LogP contribution in [0.4, 0.5) is 0 Å². The zero-order chi connectivity index (χ0) is 19.5. The number of nitrogens with two attached hydrogens (primary N) is 2. The predicted octanol–water partition coefficient (Wildman–Crippen LogP) is -0.00180. The van der Waals surface area contributed by atoms with Crippen molar-refractivity contribution in [2.24, 2.45) is 16.0 Å². The first kappa shape index (κ1) is 19.8. The van der Waals surface area contributed by atoms with Crippen LogP contribution in [0, 0.1) is 0 Å². The molecule has 0 saturated carbocycles. The van der Waals surface area contributed by atoms with E-state index in [4.69, 9.17) is 10.9 Å². The molecule has 0 fully saturated rings. The first-order valence-corrected chi connectivity index (χ1v) is 11.0. The van der Waals surface area contributed by atoms with Gasteiger partial charge in [0.25, 0.3) is 5.91 Å². The Morgan fingerprint density at radius 3 is 2.46 bits per heavy atom. The van der Waals surface area contributed by atoms with Crippen LogP contribution in [0.5, 0.6) is 0 Å². The van der Waals surface area contributed by atoms with Crippen LogP contribution in [0.2, 0.25) is 0 Å². The van der Waals surface area contributed by atoms with E-state index in [2.05, 4.69) is 14.8 Å². The highest BCUT2D eigenvalue weighted by Crippen LogP contribution is 2.28. The van der Waals surface area contributed by atoms with Crippen LogP contribution >= 0.6 is 11.3 Å². The third-order valence-corrected chi connectivity index (χ3v) is 5.56. The molecule has 1 amide bonds. The molecule has 0 bridgehead atoms. The van der Waals surface area contributed by atoms with Crippen molar-refractivity contribution in [2.75, 3.05) is 6.26 Å². The molecule has 2 aromatic rings. The maximum absolute atomic E-state index is 12.1. The van der Waals surface area contributed by atoms with Gasteiger partial charge in [-0.25, -0.2) is 13.6 Å². The minimum Gasteiger partial charge on any atom is -0.367 e.